The summed E-state index contributed by atoms with van der Waals surface area (Å²) in [5.41, 5.74) is 0.711. The molecule has 0 bridgehead atoms. The molecule has 0 fully saturated rings. The SMILES string of the molecule is Fc1ccc(Nc2nc(Br)cs2)cc1Cl. The molecule has 2 aromatic rings. The van der Waals surface area contributed by atoms with Crippen molar-refractivity contribution in [3.8, 4) is 0 Å². The average Bonchev–Trinajstić information content (AvgIpc) is 2.58. The van der Waals surface area contributed by atoms with Gasteiger partial charge in [-0.2, -0.15) is 0 Å². The second-order valence-corrected chi connectivity index (χ2v) is 4.81. The van der Waals surface area contributed by atoms with Gasteiger partial charge in [0.2, 0.25) is 0 Å². The van der Waals surface area contributed by atoms with Crippen LogP contribution in [-0.2, 0) is 0 Å². The first-order chi connectivity index (χ1) is 7.15. The number of rotatable bonds is 2. The van der Waals surface area contributed by atoms with E-state index in [1.54, 1.807) is 6.07 Å². The molecular formula is C9H5BrClFN2S. The third kappa shape index (κ3) is 2.68. The first-order valence-corrected chi connectivity index (χ1v) is 6.03. The minimum Gasteiger partial charge on any atom is -0.331 e. The lowest BCUT2D eigenvalue weighted by molar-refractivity contribution is 0.628. The summed E-state index contributed by atoms with van der Waals surface area (Å²) in [6, 6.07) is 4.44. The number of aromatic nitrogens is 1. The third-order valence-electron chi connectivity index (χ3n) is 1.65. The van der Waals surface area contributed by atoms with Gasteiger partial charge in [0, 0.05) is 11.1 Å². The van der Waals surface area contributed by atoms with Gasteiger partial charge in [0.25, 0.3) is 0 Å². The summed E-state index contributed by atoms with van der Waals surface area (Å²) in [5.74, 6) is -0.428. The highest BCUT2D eigenvalue weighted by Crippen LogP contribution is 2.26. The van der Waals surface area contributed by atoms with E-state index in [0.29, 0.717) is 5.69 Å². The minimum atomic E-state index is -0.428. The van der Waals surface area contributed by atoms with Crippen LogP contribution in [0.3, 0.4) is 0 Å². The summed E-state index contributed by atoms with van der Waals surface area (Å²) in [4.78, 5) is 4.15. The Bertz CT molecular complexity index is 489. The highest BCUT2D eigenvalue weighted by atomic mass is 79.9. The Balaban J connectivity index is 2.21. The van der Waals surface area contributed by atoms with Crippen LogP contribution < -0.4 is 5.32 Å². The fourth-order valence-electron chi connectivity index (χ4n) is 1.01. The highest BCUT2D eigenvalue weighted by molar-refractivity contribution is 9.10. The number of anilines is 2. The third-order valence-corrected chi connectivity index (χ3v) is 3.40. The molecule has 0 unspecified atom stereocenters. The van der Waals surface area contributed by atoms with Gasteiger partial charge in [0.05, 0.1) is 5.02 Å². The van der Waals surface area contributed by atoms with Gasteiger partial charge in [-0.25, -0.2) is 9.37 Å². The number of hydrogen-bond donors (Lipinski definition) is 1. The smallest absolute Gasteiger partial charge is 0.188 e. The van der Waals surface area contributed by atoms with Gasteiger partial charge in [0.15, 0.2) is 5.13 Å². The zero-order valence-corrected chi connectivity index (χ0v) is 10.5. The van der Waals surface area contributed by atoms with Crippen molar-refractivity contribution in [2.45, 2.75) is 0 Å². The molecule has 15 heavy (non-hydrogen) atoms. The van der Waals surface area contributed by atoms with E-state index in [9.17, 15) is 4.39 Å². The molecule has 0 radical (unpaired) electrons. The van der Waals surface area contributed by atoms with Crippen molar-refractivity contribution in [2.24, 2.45) is 0 Å². The zero-order valence-electron chi connectivity index (χ0n) is 7.30. The van der Waals surface area contributed by atoms with Crippen LogP contribution >= 0.6 is 38.9 Å². The number of halogens is 3. The fourth-order valence-corrected chi connectivity index (χ4v) is 2.35. The topological polar surface area (TPSA) is 24.9 Å². The molecule has 6 heteroatoms. The lowest BCUT2D eigenvalue weighted by Gasteiger charge is -2.02. The van der Waals surface area contributed by atoms with Gasteiger partial charge < -0.3 is 5.32 Å². The second-order valence-electron chi connectivity index (χ2n) is 2.73. The molecule has 0 spiro atoms. The van der Waals surface area contributed by atoms with Crippen molar-refractivity contribution in [2.75, 3.05) is 5.32 Å². The van der Waals surface area contributed by atoms with E-state index in [1.165, 1.54) is 23.5 Å². The summed E-state index contributed by atoms with van der Waals surface area (Å²) in [7, 11) is 0. The summed E-state index contributed by atoms with van der Waals surface area (Å²) in [6.45, 7) is 0. The van der Waals surface area contributed by atoms with Crippen molar-refractivity contribution in [1.29, 1.82) is 0 Å². The van der Waals surface area contributed by atoms with Crippen molar-refractivity contribution < 1.29 is 4.39 Å². The Labute approximate surface area is 103 Å². The summed E-state index contributed by atoms with van der Waals surface area (Å²) in [6.07, 6.45) is 0. The Morgan fingerprint density at radius 3 is 2.87 bits per heavy atom. The molecule has 2 nitrogen and oxygen atoms in total. The lowest BCUT2D eigenvalue weighted by atomic mass is 10.3. The molecule has 0 aliphatic heterocycles. The predicted octanol–water partition coefficient (Wildman–Crippen LogP) is 4.44. The van der Waals surface area contributed by atoms with Crippen LogP contribution in [0.2, 0.25) is 5.02 Å². The molecule has 0 saturated carbocycles. The molecule has 1 aromatic heterocycles. The van der Waals surface area contributed by atoms with E-state index in [0.717, 1.165) is 9.73 Å². The largest absolute Gasteiger partial charge is 0.331 e. The Hall–Kier alpha value is -0.650. The van der Waals surface area contributed by atoms with E-state index >= 15 is 0 Å². The van der Waals surface area contributed by atoms with Crippen LogP contribution in [0.5, 0.6) is 0 Å². The van der Waals surface area contributed by atoms with Crippen molar-refractivity contribution >= 4 is 49.7 Å². The van der Waals surface area contributed by atoms with Crippen LogP contribution in [0.15, 0.2) is 28.2 Å². The normalized spacial score (nSPS) is 10.3. The van der Waals surface area contributed by atoms with Gasteiger partial charge in [-0.15, -0.1) is 11.3 Å². The maximum Gasteiger partial charge on any atom is 0.188 e. The van der Waals surface area contributed by atoms with Crippen LogP contribution in [-0.4, -0.2) is 4.98 Å². The monoisotopic (exact) mass is 306 g/mol. The molecule has 0 amide bonds. The number of nitrogens with zero attached hydrogens (tertiary/aromatic N) is 1. The van der Waals surface area contributed by atoms with Gasteiger partial charge in [0.1, 0.15) is 10.4 Å². The average molecular weight is 308 g/mol. The lowest BCUT2D eigenvalue weighted by Crippen LogP contribution is -1.89. The van der Waals surface area contributed by atoms with Gasteiger partial charge in [-0.1, -0.05) is 11.6 Å². The molecule has 0 saturated heterocycles. The highest BCUT2D eigenvalue weighted by Gasteiger charge is 2.03. The molecule has 2 rings (SSSR count). The molecule has 1 heterocycles. The van der Waals surface area contributed by atoms with Crippen LogP contribution in [0.25, 0.3) is 0 Å². The summed E-state index contributed by atoms with van der Waals surface area (Å²) < 4.78 is 13.6. The first kappa shape index (κ1) is 10.9. The number of hydrogen-bond acceptors (Lipinski definition) is 3. The van der Waals surface area contributed by atoms with Crippen LogP contribution in [0, 0.1) is 5.82 Å². The maximum absolute atomic E-state index is 12.9. The van der Waals surface area contributed by atoms with Crippen LogP contribution in [0.4, 0.5) is 15.2 Å². The zero-order chi connectivity index (χ0) is 10.8. The minimum absolute atomic E-state index is 0.0932. The van der Waals surface area contributed by atoms with Crippen molar-refractivity contribution in [1.82, 2.24) is 4.98 Å². The Morgan fingerprint density at radius 2 is 2.27 bits per heavy atom. The second kappa shape index (κ2) is 4.47. The van der Waals surface area contributed by atoms with Crippen molar-refractivity contribution in [3.05, 3.63) is 39.0 Å². The van der Waals surface area contributed by atoms with E-state index in [4.69, 9.17) is 11.6 Å². The summed E-state index contributed by atoms with van der Waals surface area (Å²) in [5, 5.41) is 5.69. The predicted molar refractivity (Wildman–Crippen MR) is 64.5 cm³/mol. The molecule has 1 aromatic carbocycles. The summed E-state index contributed by atoms with van der Waals surface area (Å²) >= 11 is 10.3. The Morgan fingerprint density at radius 1 is 1.47 bits per heavy atom. The van der Waals surface area contributed by atoms with Crippen LogP contribution in [0.1, 0.15) is 0 Å². The number of nitrogens with one attached hydrogen (secondary N) is 1. The quantitative estimate of drug-likeness (QED) is 0.887. The molecule has 0 atom stereocenters. The standard InChI is InChI=1S/C9H5BrClFN2S/c10-8-4-15-9(14-8)13-5-1-2-7(12)6(11)3-5/h1-4H,(H,13,14). The van der Waals surface area contributed by atoms with Gasteiger partial charge in [-0.3, -0.25) is 0 Å². The molecular weight excluding hydrogens is 303 g/mol. The molecule has 78 valence electrons. The number of benzene rings is 1. The fraction of sp³-hybridized carbons (Fsp3) is 0. The van der Waals surface area contributed by atoms with Crippen molar-refractivity contribution in [3.63, 3.8) is 0 Å². The van der Waals surface area contributed by atoms with E-state index in [-0.39, 0.29) is 5.02 Å². The van der Waals surface area contributed by atoms with E-state index in [1.807, 2.05) is 5.38 Å². The number of thiazole rings is 1. The van der Waals surface area contributed by atoms with E-state index in [2.05, 4.69) is 26.2 Å². The van der Waals surface area contributed by atoms with Gasteiger partial charge in [-0.05, 0) is 34.1 Å². The molecule has 0 aliphatic carbocycles. The van der Waals surface area contributed by atoms with E-state index < -0.39 is 5.82 Å². The molecule has 1 N–H and O–H groups in total. The van der Waals surface area contributed by atoms with Gasteiger partial charge >= 0.3 is 0 Å². The molecule has 0 aliphatic rings. The Kier molecular flexibility index (Phi) is 3.23. The maximum atomic E-state index is 12.9. The first-order valence-electron chi connectivity index (χ1n) is 3.98.